The van der Waals surface area contributed by atoms with E-state index in [-0.39, 0.29) is 11.7 Å². The van der Waals surface area contributed by atoms with Gasteiger partial charge in [0.25, 0.3) is 5.91 Å². The Morgan fingerprint density at radius 2 is 1.42 bits per heavy atom. The van der Waals surface area contributed by atoms with Gasteiger partial charge in [-0.15, -0.1) is 0 Å². The van der Waals surface area contributed by atoms with E-state index in [2.05, 4.69) is 0 Å². The molecule has 2 aromatic carbocycles. The second-order valence-corrected chi connectivity index (χ2v) is 7.99. The monoisotopic (exact) mass is 425 g/mol. The lowest BCUT2D eigenvalue weighted by atomic mass is 9.82. The van der Waals surface area contributed by atoms with Gasteiger partial charge in [0.1, 0.15) is 0 Å². The molecular weight excluding hydrogens is 390 g/mol. The van der Waals surface area contributed by atoms with Crippen molar-refractivity contribution in [1.29, 1.82) is 0 Å². The van der Waals surface area contributed by atoms with Gasteiger partial charge in [0, 0.05) is 57.1 Å². The van der Waals surface area contributed by atoms with Crippen molar-refractivity contribution >= 4 is 17.4 Å². The van der Waals surface area contributed by atoms with Gasteiger partial charge < -0.3 is 27.0 Å². The van der Waals surface area contributed by atoms with Crippen LogP contribution in [-0.2, 0) is 6.42 Å². The Kier molecular flexibility index (Phi) is 8.74. The number of carbonyl (C=O) groups excluding carboxylic acids is 2. The highest BCUT2D eigenvalue weighted by Crippen LogP contribution is 2.23. The van der Waals surface area contributed by atoms with Gasteiger partial charge in [0.05, 0.1) is 5.54 Å². The molecule has 0 aromatic heterocycles. The van der Waals surface area contributed by atoms with Gasteiger partial charge >= 0.3 is 0 Å². The molecule has 0 aliphatic rings. The first-order valence-electron chi connectivity index (χ1n) is 10.6. The zero-order chi connectivity index (χ0) is 23.0. The molecule has 0 saturated heterocycles. The van der Waals surface area contributed by atoms with Crippen LogP contribution in [0.15, 0.2) is 48.5 Å². The van der Waals surface area contributed by atoms with E-state index in [9.17, 15) is 9.59 Å². The molecule has 0 bridgehead atoms. The summed E-state index contributed by atoms with van der Waals surface area (Å²) in [6.45, 7) is 4.13. The van der Waals surface area contributed by atoms with Crippen LogP contribution in [-0.4, -0.2) is 62.4 Å². The zero-order valence-electron chi connectivity index (χ0n) is 18.8. The third-order valence-corrected chi connectivity index (χ3v) is 5.65. The fourth-order valence-electron chi connectivity index (χ4n) is 3.49. The lowest BCUT2D eigenvalue weighted by Gasteiger charge is -2.27. The molecule has 31 heavy (non-hydrogen) atoms. The Bertz CT molecular complexity index is 867. The van der Waals surface area contributed by atoms with E-state index in [0.29, 0.717) is 43.6 Å². The van der Waals surface area contributed by atoms with Gasteiger partial charge in [-0.3, -0.25) is 9.59 Å². The lowest BCUT2D eigenvalue weighted by Crippen LogP contribution is -2.49. The smallest absolute Gasteiger partial charge is 0.253 e. The van der Waals surface area contributed by atoms with E-state index in [1.807, 2.05) is 55.3 Å². The summed E-state index contributed by atoms with van der Waals surface area (Å²) in [6.07, 6.45) is 0.894. The minimum absolute atomic E-state index is 0.0812. The van der Waals surface area contributed by atoms with Crippen LogP contribution >= 0.6 is 0 Å². The molecule has 0 aliphatic heterocycles. The predicted octanol–water partition coefficient (Wildman–Crippen LogP) is 1.65. The summed E-state index contributed by atoms with van der Waals surface area (Å²) in [5.41, 5.74) is 19.8. The molecule has 1 atom stereocenters. The summed E-state index contributed by atoms with van der Waals surface area (Å²) < 4.78 is 0. The summed E-state index contributed by atoms with van der Waals surface area (Å²) in [5, 5.41) is 0. The van der Waals surface area contributed by atoms with E-state index < -0.39 is 5.54 Å². The van der Waals surface area contributed by atoms with E-state index in [1.165, 1.54) is 0 Å². The van der Waals surface area contributed by atoms with Crippen LogP contribution < -0.4 is 22.1 Å². The maximum atomic E-state index is 13.2. The van der Waals surface area contributed by atoms with Gasteiger partial charge in [-0.25, -0.2) is 0 Å². The largest absolute Gasteiger partial charge is 0.373 e. The van der Waals surface area contributed by atoms with Crippen LogP contribution in [0.4, 0.5) is 5.69 Å². The topological polar surface area (TPSA) is 119 Å². The number of nitrogens with zero attached hydrogens (tertiary/aromatic N) is 2. The van der Waals surface area contributed by atoms with Crippen LogP contribution in [0, 0.1) is 0 Å². The van der Waals surface area contributed by atoms with E-state index in [4.69, 9.17) is 17.2 Å². The maximum Gasteiger partial charge on any atom is 0.253 e. The fourth-order valence-corrected chi connectivity index (χ4v) is 3.49. The van der Waals surface area contributed by atoms with E-state index >= 15 is 0 Å². The van der Waals surface area contributed by atoms with E-state index in [1.54, 1.807) is 24.1 Å². The number of rotatable bonds is 11. The van der Waals surface area contributed by atoms with Crippen molar-refractivity contribution in [2.75, 3.05) is 45.2 Å². The number of carbonyl (C=O) groups is 2. The number of nitrogens with two attached hydrogens (primary N) is 3. The van der Waals surface area contributed by atoms with Crippen LogP contribution in [0.2, 0.25) is 0 Å². The molecule has 0 radical (unpaired) electrons. The quantitative estimate of drug-likeness (QED) is 0.471. The van der Waals surface area contributed by atoms with Crippen LogP contribution in [0.5, 0.6) is 0 Å². The normalized spacial score (nSPS) is 12.8. The molecule has 7 heteroatoms. The molecule has 0 saturated carbocycles. The number of ketones is 1. The minimum atomic E-state index is -1.02. The average Bonchev–Trinajstić information content (AvgIpc) is 2.79. The van der Waals surface area contributed by atoms with Gasteiger partial charge in [0.2, 0.25) is 0 Å². The number of likely N-dealkylation sites (N-methyl/N-ethyl adjacent to an activating group) is 2. The highest BCUT2D eigenvalue weighted by molar-refractivity contribution is 6.03. The number of Topliss-reactive ketones (excluding diaryl/α,β-unsaturated/α-hetero) is 1. The number of anilines is 1. The first-order valence-corrected chi connectivity index (χ1v) is 10.6. The van der Waals surface area contributed by atoms with Crippen molar-refractivity contribution in [3.63, 3.8) is 0 Å². The Morgan fingerprint density at radius 3 is 1.94 bits per heavy atom. The van der Waals surface area contributed by atoms with Crippen molar-refractivity contribution in [3.8, 4) is 0 Å². The lowest BCUT2D eigenvalue weighted by molar-refractivity contribution is 0.0798. The van der Waals surface area contributed by atoms with Gasteiger partial charge in [-0.1, -0.05) is 19.1 Å². The van der Waals surface area contributed by atoms with Crippen molar-refractivity contribution in [2.24, 2.45) is 17.2 Å². The van der Waals surface area contributed by atoms with E-state index in [0.717, 1.165) is 17.8 Å². The number of hydrogen-bond acceptors (Lipinski definition) is 6. The third-order valence-electron chi connectivity index (χ3n) is 5.65. The average molecular weight is 426 g/mol. The van der Waals surface area contributed by atoms with Gasteiger partial charge in [-0.2, -0.15) is 0 Å². The van der Waals surface area contributed by atoms with Crippen molar-refractivity contribution in [1.82, 2.24) is 4.90 Å². The van der Waals surface area contributed by atoms with Crippen LogP contribution in [0.3, 0.4) is 0 Å². The highest BCUT2D eigenvalue weighted by atomic mass is 16.2. The zero-order valence-corrected chi connectivity index (χ0v) is 18.8. The van der Waals surface area contributed by atoms with Crippen LogP contribution in [0.25, 0.3) is 0 Å². The Balaban J connectivity index is 2.14. The number of hydrogen-bond donors (Lipinski definition) is 3. The second-order valence-electron chi connectivity index (χ2n) is 7.99. The third kappa shape index (κ3) is 6.13. The first kappa shape index (κ1) is 24.5. The molecule has 168 valence electrons. The summed E-state index contributed by atoms with van der Waals surface area (Å²) in [7, 11) is 3.69. The van der Waals surface area contributed by atoms with Crippen molar-refractivity contribution in [3.05, 3.63) is 65.2 Å². The standard InChI is InChI=1S/C24H35N5O2/c1-4-24(27,22(30)19-9-11-21(12-10-19)28(2)15-13-25)17-18-5-7-20(8-6-18)23(31)29(3)16-14-26/h5-12H,4,13-17,25-27H2,1-3H3. The predicted molar refractivity (Wildman–Crippen MR) is 126 cm³/mol. The Morgan fingerprint density at radius 1 is 0.871 bits per heavy atom. The summed E-state index contributed by atoms with van der Waals surface area (Å²) in [5.74, 6) is -0.173. The molecule has 1 amide bonds. The number of amides is 1. The minimum Gasteiger partial charge on any atom is -0.373 e. The SMILES string of the molecule is CCC(N)(Cc1ccc(C(=O)N(C)CCN)cc1)C(=O)c1ccc(N(C)CCN)cc1. The molecule has 0 aliphatic carbocycles. The fraction of sp³-hybridized carbons (Fsp3) is 0.417. The molecule has 6 N–H and O–H groups in total. The molecular formula is C24H35N5O2. The van der Waals surface area contributed by atoms with Crippen LogP contribution in [0.1, 0.15) is 39.6 Å². The molecule has 2 aromatic rings. The number of benzene rings is 2. The summed E-state index contributed by atoms with van der Waals surface area (Å²) in [6, 6.07) is 14.7. The highest BCUT2D eigenvalue weighted by Gasteiger charge is 2.33. The molecule has 0 heterocycles. The first-order chi connectivity index (χ1) is 14.8. The summed E-state index contributed by atoms with van der Waals surface area (Å²) in [4.78, 5) is 29.2. The van der Waals surface area contributed by atoms with Gasteiger partial charge in [-0.05, 0) is 54.8 Å². The molecule has 0 fully saturated rings. The Hall–Kier alpha value is -2.74. The molecule has 2 rings (SSSR count). The molecule has 0 spiro atoms. The van der Waals surface area contributed by atoms with Crippen molar-refractivity contribution < 1.29 is 9.59 Å². The summed E-state index contributed by atoms with van der Waals surface area (Å²) >= 11 is 0. The Labute approximate surface area is 185 Å². The maximum absolute atomic E-state index is 13.2. The molecule has 7 nitrogen and oxygen atoms in total. The van der Waals surface area contributed by atoms with Crippen molar-refractivity contribution in [2.45, 2.75) is 25.3 Å². The second kappa shape index (κ2) is 11.0. The molecule has 1 unspecified atom stereocenters. The van der Waals surface area contributed by atoms with Gasteiger partial charge in [0.15, 0.2) is 5.78 Å².